The standard InChI is InChI=1S/C71H66O14Si11/c86-73-92(67-46-24-7-25-47-67)78-89(64-40-18-4-19-41-64,58-56-61-34-12-1-13-35-61)74-87-60-72-91(66-44-22-6-23-45-66)76-88(63-38-16-3-17-39-63)77-94(69-50-28-9-29-51-69)79-90(65-42-20-5-21-43-65,59-57-62-36-14-2-15-37-62)80-95(81-91,70-52-30-10-31-53-70)83-93(75-87,68-48-26-8-27-49-68)84-96(82-92,85-94)71-54-32-11-33-55-71/h1-59,87-88H,60H2,86H3/b58-56+,59-57+. The molecule has 0 N–H and O–H groups in total. The Bertz CT molecular complexity index is 4430. The van der Waals surface area contributed by atoms with Crippen molar-refractivity contribution in [2.24, 2.45) is 0 Å². The lowest BCUT2D eigenvalue weighted by Gasteiger charge is -2.54. The van der Waals surface area contributed by atoms with E-state index in [4.69, 9.17) is 57.9 Å². The van der Waals surface area contributed by atoms with Gasteiger partial charge in [-0.05, 0) is 38.1 Å². The van der Waals surface area contributed by atoms with Crippen molar-refractivity contribution in [1.29, 1.82) is 0 Å². The quantitative estimate of drug-likeness (QED) is 0.123. The average molecular weight is 1450 g/mol. The summed E-state index contributed by atoms with van der Waals surface area (Å²) in [6, 6.07) is 109. The molecule has 10 atom stereocenters. The fraction of sp³-hybridized carbons (Fsp3) is 0.0141. The van der Waals surface area contributed by atoms with Gasteiger partial charge in [-0.2, -0.15) is 0 Å². The fourth-order valence-electron chi connectivity index (χ4n) is 12.2. The zero-order chi connectivity index (χ0) is 64.8. The van der Waals surface area contributed by atoms with E-state index in [0.717, 1.165) is 21.5 Å². The SMILES string of the molecule is [SiH3]O[Si]1(c2ccccc2)O[Si](/C=C/c2ccccc2)(c2ccccc2)O[SiH]2CO[Si]3(c4ccccc4)O[SiH](c4ccccc4)O[Si]4(c5ccccc5)O[Si](/C=C/c5ccccc5)(c5ccccc5)O[Si](c5ccccc5)(O3)O[Si](c3ccccc3)(O2)O[Si](c2ccccc2)(O1)O4. The Balaban J connectivity index is 1.18. The maximum absolute atomic E-state index is 8.87. The highest BCUT2D eigenvalue weighted by Gasteiger charge is 2.76. The zero-order valence-electron chi connectivity index (χ0n) is 52.1. The molecule has 4 heterocycles. The van der Waals surface area contributed by atoms with E-state index in [2.05, 4.69) is 11.4 Å². The van der Waals surface area contributed by atoms with Crippen LogP contribution in [0.4, 0.5) is 0 Å². The molecule has 25 heteroatoms. The van der Waals surface area contributed by atoms with Crippen LogP contribution in [0.3, 0.4) is 0 Å². The van der Waals surface area contributed by atoms with Crippen LogP contribution in [0, 0.1) is 0 Å². The maximum atomic E-state index is 8.87. The van der Waals surface area contributed by atoms with Crippen LogP contribution in [-0.2, 0) is 57.9 Å². The van der Waals surface area contributed by atoms with Crippen LogP contribution in [0.5, 0.6) is 0 Å². The Morgan fingerprint density at radius 1 is 0.281 bits per heavy atom. The molecule has 6 bridgehead atoms. The normalized spacial score (nSPS) is 29.2. The largest absolute Gasteiger partial charge is 0.521 e. The van der Waals surface area contributed by atoms with Crippen molar-refractivity contribution in [1.82, 2.24) is 0 Å². The molecule has 11 aromatic carbocycles. The number of hydrogen-bond acceptors (Lipinski definition) is 14. The highest BCUT2D eigenvalue weighted by Crippen LogP contribution is 2.41. The molecule has 10 unspecified atom stereocenters. The van der Waals surface area contributed by atoms with Crippen LogP contribution >= 0.6 is 0 Å². The minimum Gasteiger partial charge on any atom is -0.422 e. The monoisotopic (exact) mass is 1450 g/mol. The first-order chi connectivity index (χ1) is 47.2. The second-order valence-electron chi connectivity index (χ2n) is 23.1. The third kappa shape index (κ3) is 13.0. The first-order valence-electron chi connectivity index (χ1n) is 31.7. The Morgan fingerprint density at radius 2 is 0.594 bits per heavy atom. The van der Waals surface area contributed by atoms with E-state index in [-0.39, 0.29) is 16.7 Å². The van der Waals surface area contributed by atoms with Crippen LogP contribution < -0.4 is 46.7 Å². The van der Waals surface area contributed by atoms with Gasteiger partial charge in [0.2, 0.25) is 0 Å². The topological polar surface area (TPSA) is 129 Å². The Morgan fingerprint density at radius 3 is 1.03 bits per heavy atom. The van der Waals surface area contributed by atoms with Gasteiger partial charge in [-0.25, -0.2) is 0 Å². The summed E-state index contributed by atoms with van der Waals surface area (Å²) in [5, 5.41) is 5.39. The maximum Gasteiger partial charge on any atom is 0.521 e. The summed E-state index contributed by atoms with van der Waals surface area (Å²) in [5.74, 6) is 0. The molecular weight excluding hydrogens is 1390 g/mol. The molecule has 4 aliphatic heterocycles. The molecule has 0 spiro atoms. The van der Waals surface area contributed by atoms with Gasteiger partial charge in [0.15, 0.2) is 0 Å². The van der Waals surface area contributed by atoms with E-state index in [1.165, 1.54) is 0 Å². The van der Waals surface area contributed by atoms with E-state index in [1.54, 1.807) is 0 Å². The molecule has 96 heavy (non-hydrogen) atoms. The average Bonchev–Trinajstić information content (AvgIpc) is 1.01. The summed E-state index contributed by atoms with van der Waals surface area (Å²) in [5.41, 5.74) is 5.88. The first-order valence-corrected chi connectivity index (χ1v) is 49.9. The molecular formula is C71H66O14Si11. The third-order valence-electron chi connectivity index (χ3n) is 16.8. The summed E-state index contributed by atoms with van der Waals surface area (Å²) >= 11 is 0. The van der Waals surface area contributed by atoms with Gasteiger partial charge in [0, 0.05) is 31.1 Å². The Hall–Kier alpha value is -7.27. The van der Waals surface area contributed by atoms with E-state index < -0.39 is 88.5 Å². The van der Waals surface area contributed by atoms with Gasteiger partial charge in [-0.15, -0.1) is 0 Å². The first kappa shape index (κ1) is 64.7. The minimum atomic E-state index is -5.36. The van der Waals surface area contributed by atoms with E-state index in [0.29, 0.717) is 36.3 Å². The third-order valence-corrected chi connectivity index (χ3v) is 57.5. The summed E-state index contributed by atoms with van der Waals surface area (Å²) in [6.07, 6.45) is 3.86. The van der Waals surface area contributed by atoms with Gasteiger partial charge >= 0.3 is 88.5 Å². The molecule has 11 aromatic rings. The van der Waals surface area contributed by atoms with E-state index in [1.807, 2.05) is 346 Å². The highest BCUT2D eigenvalue weighted by molar-refractivity contribution is 7.10. The Labute approximate surface area is 574 Å². The highest BCUT2D eigenvalue weighted by atomic mass is 28.6. The molecule has 4 aliphatic rings. The molecule has 478 valence electrons. The lowest BCUT2D eigenvalue weighted by atomic mass is 10.2. The van der Waals surface area contributed by atoms with Gasteiger partial charge < -0.3 is 57.9 Å². The van der Waals surface area contributed by atoms with Crippen LogP contribution in [0.1, 0.15) is 11.1 Å². The van der Waals surface area contributed by atoms with Crippen LogP contribution in [0.15, 0.2) is 345 Å². The predicted molar refractivity (Wildman–Crippen MR) is 396 cm³/mol. The number of rotatable bonds is 14. The summed E-state index contributed by atoms with van der Waals surface area (Å²) < 4.78 is 118. The Kier molecular flexibility index (Phi) is 18.8. The summed E-state index contributed by atoms with van der Waals surface area (Å²) in [4.78, 5) is 0. The second-order valence-corrected chi connectivity index (χ2v) is 52.4. The molecule has 15 rings (SSSR count). The lowest BCUT2D eigenvalue weighted by Crippen LogP contribution is -2.86. The number of benzene rings is 11. The molecule has 4 fully saturated rings. The minimum absolute atomic E-state index is 0.0630. The van der Waals surface area contributed by atoms with Crippen LogP contribution in [-0.4, -0.2) is 105 Å². The van der Waals surface area contributed by atoms with Gasteiger partial charge in [-0.3, -0.25) is 0 Å². The second kappa shape index (κ2) is 27.9. The fourth-order valence-corrected chi connectivity index (χ4v) is 64.0. The predicted octanol–water partition coefficient (Wildman–Crippen LogP) is 5.72. The van der Waals surface area contributed by atoms with Crippen LogP contribution in [0.25, 0.3) is 12.2 Å². The molecule has 0 radical (unpaired) electrons. The van der Waals surface area contributed by atoms with Crippen molar-refractivity contribution in [2.45, 2.75) is 0 Å². The van der Waals surface area contributed by atoms with Crippen LogP contribution in [0.2, 0.25) is 0 Å². The van der Waals surface area contributed by atoms with Gasteiger partial charge in [0.25, 0.3) is 0 Å². The van der Waals surface area contributed by atoms with Crippen molar-refractivity contribution < 1.29 is 57.9 Å². The van der Waals surface area contributed by atoms with Crippen molar-refractivity contribution >= 4 is 158 Å². The summed E-state index contributed by atoms with van der Waals surface area (Å²) in [7, 11) is -47.3. The van der Waals surface area contributed by atoms with Crippen molar-refractivity contribution in [3.05, 3.63) is 356 Å². The number of hydrogen-bond donors (Lipinski definition) is 0. The number of fused-ring (bicyclic) bond motifs is 6. The van der Waals surface area contributed by atoms with Gasteiger partial charge in [-0.1, -0.05) is 346 Å². The summed E-state index contributed by atoms with van der Waals surface area (Å²) in [6.45, 7) is 0. The van der Waals surface area contributed by atoms with E-state index in [9.17, 15) is 0 Å². The van der Waals surface area contributed by atoms with E-state index >= 15 is 0 Å². The lowest BCUT2D eigenvalue weighted by molar-refractivity contribution is 0.0926. The molecule has 0 aliphatic carbocycles. The molecule has 0 aromatic heterocycles. The smallest absolute Gasteiger partial charge is 0.422 e. The van der Waals surface area contributed by atoms with Gasteiger partial charge in [0.05, 0.1) is 6.23 Å². The molecule has 4 saturated heterocycles. The molecule has 0 amide bonds. The van der Waals surface area contributed by atoms with Crippen molar-refractivity contribution in [3.8, 4) is 0 Å². The van der Waals surface area contributed by atoms with Crippen molar-refractivity contribution in [3.63, 3.8) is 0 Å². The molecule has 14 nitrogen and oxygen atoms in total. The van der Waals surface area contributed by atoms with Gasteiger partial charge in [0.1, 0.15) is 10.5 Å². The zero-order valence-corrected chi connectivity index (χ0v) is 64.5. The van der Waals surface area contributed by atoms with Crippen molar-refractivity contribution in [2.75, 3.05) is 6.23 Å². The molecule has 0 saturated carbocycles.